The molecule has 1 aromatic rings. The molecule has 1 aromatic carbocycles. The zero-order valence-electron chi connectivity index (χ0n) is 9.00. The first-order chi connectivity index (χ1) is 6.74. The lowest BCUT2D eigenvalue weighted by Gasteiger charge is -2.24. The van der Waals surface area contributed by atoms with E-state index in [9.17, 15) is 0 Å². The normalized spacial score (nSPS) is 9.93. The molecule has 1 radical (unpaired) electrons. The van der Waals surface area contributed by atoms with Crippen LogP contribution in [0.25, 0.3) is 0 Å². The number of ether oxygens (including phenoxy) is 1. The highest BCUT2D eigenvalue weighted by atomic mass is 16.5. The molecule has 77 valence electrons. The van der Waals surface area contributed by atoms with Crippen molar-refractivity contribution in [2.75, 3.05) is 30.8 Å². The van der Waals surface area contributed by atoms with E-state index in [1.165, 1.54) is 0 Å². The second-order valence-corrected chi connectivity index (χ2v) is 3.00. The minimum absolute atomic E-state index is 0.716. The van der Waals surface area contributed by atoms with Gasteiger partial charge >= 0.3 is 0 Å². The largest absolute Gasteiger partial charge is 0.494 e. The number of nitrogens with two attached hydrogens (primary N) is 1. The molecule has 0 bridgehead atoms. The van der Waals surface area contributed by atoms with E-state index in [4.69, 9.17) is 10.5 Å². The molecule has 3 heteroatoms. The van der Waals surface area contributed by atoms with Crippen molar-refractivity contribution in [2.45, 2.75) is 13.8 Å². The second kappa shape index (κ2) is 4.74. The summed E-state index contributed by atoms with van der Waals surface area (Å²) in [7, 11) is 1.65. The molecule has 0 heterocycles. The van der Waals surface area contributed by atoms with E-state index in [0.717, 1.165) is 24.5 Å². The smallest absolute Gasteiger partial charge is 0.144 e. The Kier molecular flexibility index (Phi) is 3.63. The fourth-order valence-electron chi connectivity index (χ4n) is 1.52. The molecule has 0 atom stereocenters. The molecule has 0 amide bonds. The number of benzene rings is 1. The summed E-state index contributed by atoms with van der Waals surface area (Å²) in [5.41, 5.74) is 7.58. The summed E-state index contributed by atoms with van der Waals surface area (Å²) in [5.74, 6) is 0.786. The number of hydrogen-bond acceptors (Lipinski definition) is 3. The fraction of sp³-hybridized carbons (Fsp3) is 0.455. The monoisotopic (exact) mass is 193 g/mol. The molecule has 0 aromatic heterocycles. The Labute approximate surface area is 85.5 Å². The minimum Gasteiger partial charge on any atom is -0.494 e. The van der Waals surface area contributed by atoms with Gasteiger partial charge in [0.15, 0.2) is 0 Å². The van der Waals surface area contributed by atoms with E-state index in [0.29, 0.717) is 5.69 Å². The van der Waals surface area contributed by atoms with Gasteiger partial charge < -0.3 is 15.4 Å². The molecular weight excluding hydrogens is 176 g/mol. The molecule has 0 aliphatic carbocycles. The summed E-state index contributed by atoms with van der Waals surface area (Å²) in [5, 5.41) is 0. The zero-order valence-corrected chi connectivity index (χ0v) is 9.00. The molecule has 0 saturated heterocycles. The Morgan fingerprint density at radius 1 is 1.36 bits per heavy atom. The van der Waals surface area contributed by atoms with E-state index in [2.05, 4.69) is 24.8 Å². The number of nitrogen functional groups attached to an aromatic ring is 1. The van der Waals surface area contributed by atoms with Gasteiger partial charge in [-0.15, -0.1) is 0 Å². The van der Waals surface area contributed by atoms with Gasteiger partial charge in [0.2, 0.25) is 0 Å². The summed E-state index contributed by atoms with van der Waals surface area (Å²) >= 11 is 0. The number of hydrogen-bond donors (Lipinski definition) is 1. The topological polar surface area (TPSA) is 38.5 Å². The lowest BCUT2D eigenvalue weighted by Crippen LogP contribution is -2.23. The van der Waals surface area contributed by atoms with Gasteiger partial charge in [0.1, 0.15) is 11.4 Å². The summed E-state index contributed by atoms with van der Waals surface area (Å²) in [4.78, 5) is 2.17. The second-order valence-electron chi connectivity index (χ2n) is 3.00. The number of nitrogens with zero attached hydrogens (tertiary/aromatic N) is 1. The number of rotatable bonds is 4. The summed E-state index contributed by atoms with van der Waals surface area (Å²) < 4.78 is 5.26. The highest BCUT2D eigenvalue weighted by molar-refractivity contribution is 5.74. The van der Waals surface area contributed by atoms with Crippen molar-refractivity contribution in [1.29, 1.82) is 0 Å². The summed E-state index contributed by atoms with van der Waals surface area (Å²) in [6.45, 7) is 6.03. The molecule has 0 fully saturated rings. The van der Waals surface area contributed by atoms with Crippen LogP contribution in [0.4, 0.5) is 11.4 Å². The molecule has 0 spiro atoms. The van der Waals surface area contributed by atoms with Crippen LogP contribution in [-0.2, 0) is 0 Å². The van der Waals surface area contributed by atoms with Gasteiger partial charge in [-0.3, -0.25) is 0 Å². The quantitative estimate of drug-likeness (QED) is 0.742. The summed E-state index contributed by atoms with van der Waals surface area (Å²) in [6.07, 6.45) is 0. The molecule has 0 unspecified atom stereocenters. The molecule has 0 aliphatic rings. The SMILES string of the molecule is CCN(CC)c1c(N)c[c]cc1OC. The predicted octanol–water partition coefficient (Wildman–Crippen LogP) is 1.92. The van der Waals surface area contributed by atoms with Gasteiger partial charge in [-0.05, 0) is 32.0 Å². The maximum atomic E-state index is 5.90. The van der Waals surface area contributed by atoms with Crippen LogP contribution in [0.2, 0.25) is 0 Å². The van der Waals surface area contributed by atoms with Gasteiger partial charge in [-0.25, -0.2) is 0 Å². The highest BCUT2D eigenvalue weighted by Crippen LogP contribution is 2.33. The van der Waals surface area contributed by atoms with E-state index in [1.54, 1.807) is 13.2 Å². The van der Waals surface area contributed by atoms with Crippen LogP contribution in [0.3, 0.4) is 0 Å². The molecule has 2 N–H and O–H groups in total. The van der Waals surface area contributed by atoms with Crippen LogP contribution in [0.5, 0.6) is 5.75 Å². The first-order valence-electron chi connectivity index (χ1n) is 4.83. The van der Waals surface area contributed by atoms with Crippen molar-refractivity contribution in [3.8, 4) is 5.75 Å². The van der Waals surface area contributed by atoms with E-state index in [-0.39, 0.29) is 0 Å². The Morgan fingerprint density at radius 2 is 2.00 bits per heavy atom. The van der Waals surface area contributed by atoms with Gasteiger partial charge in [0.05, 0.1) is 12.8 Å². The van der Waals surface area contributed by atoms with E-state index < -0.39 is 0 Å². The fourth-order valence-corrected chi connectivity index (χ4v) is 1.52. The maximum Gasteiger partial charge on any atom is 0.144 e. The van der Waals surface area contributed by atoms with Crippen LogP contribution < -0.4 is 15.4 Å². The predicted molar refractivity (Wildman–Crippen MR) is 59.8 cm³/mol. The third-order valence-corrected chi connectivity index (χ3v) is 2.26. The molecule has 3 nitrogen and oxygen atoms in total. The van der Waals surface area contributed by atoms with Crippen molar-refractivity contribution in [2.24, 2.45) is 0 Å². The van der Waals surface area contributed by atoms with Crippen LogP contribution in [0.1, 0.15) is 13.8 Å². The first-order valence-corrected chi connectivity index (χ1v) is 4.83. The van der Waals surface area contributed by atoms with Gasteiger partial charge in [-0.2, -0.15) is 0 Å². The van der Waals surface area contributed by atoms with Crippen molar-refractivity contribution < 1.29 is 4.74 Å². The average Bonchev–Trinajstić information content (AvgIpc) is 2.22. The van der Waals surface area contributed by atoms with Gasteiger partial charge in [-0.1, -0.05) is 0 Å². The first kappa shape index (κ1) is 10.7. The third kappa shape index (κ3) is 1.92. The number of methoxy groups -OCH3 is 1. The highest BCUT2D eigenvalue weighted by Gasteiger charge is 2.11. The Hall–Kier alpha value is -1.38. The average molecular weight is 193 g/mol. The Morgan fingerprint density at radius 3 is 2.50 bits per heavy atom. The third-order valence-electron chi connectivity index (χ3n) is 2.26. The Balaban J connectivity index is 3.14. The van der Waals surface area contributed by atoms with E-state index >= 15 is 0 Å². The zero-order chi connectivity index (χ0) is 10.6. The van der Waals surface area contributed by atoms with Crippen LogP contribution in [0.15, 0.2) is 12.1 Å². The maximum absolute atomic E-state index is 5.90. The molecule has 14 heavy (non-hydrogen) atoms. The minimum atomic E-state index is 0.716. The molecule has 0 aliphatic heterocycles. The van der Waals surface area contributed by atoms with Gasteiger partial charge in [0.25, 0.3) is 0 Å². The standard InChI is InChI=1S/C11H17N2O/c1-4-13(5-2)11-9(12)7-6-8-10(11)14-3/h7-8H,4-5,12H2,1-3H3. The van der Waals surface area contributed by atoms with Gasteiger partial charge in [0, 0.05) is 13.1 Å². The Bertz CT molecular complexity index is 295. The number of anilines is 2. The van der Waals surface area contributed by atoms with Crippen LogP contribution >= 0.6 is 0 Å². The lowest BCUT2D eigenvalue weighted by molar-refractivity contribution is 0.414. The molecule has 1 rings (SSSR count). The van der Waals surface area contributed by atoms with Crippen LogP contribution in [-0.4, -0.2) is 20.2 Å². The van der Waals surface area contributed by atoms with Crippen molar-refractivity contribution in [1.82, 2.24) is 0 Å². The van der Waals surface area contributed by atoms with Crippen molar-refractivity contribution >= 4 is 11.4 Å². The lowest BCUT2D eigenvalue weighted by atomic mass is 10.2. The van der Waals surface area contributed by atoms with Crippen molar-refractivity contribution in [3.63, 3.8) is 0 Å². The summed E-state index contributed by atoms with van der Waals surface area (Å²) in [6, 6.07) is 6.53. The van der Waals surface area contributed by atoms with Crippen molar-refractivity contribution in [3.05, 3.63) is 18.2 Å². The van der Waals surface area contributed by atoms with Crippen LogP contribution in [0, 0.1) is 6.07 Å². The molecular formula is C11H17N2O. The van der Waals surface area contributed by atoms with E-state index in [1.807, 2.05) is 6.07 Å². The molecule has 0 saturated carbocycles.